The van der Waals surface area contributed by atoms with Gasteiger partial charge >= 0.3 is 0 Å². The van der Waals surface area contributed by atoms with Crippen molar-refractivity contribution >= 4 is 28.3 Å². The van der Waals surface area contributed by atoms with Gasteiger partial charge in [-0.3, -0.25) is 0 Å². The summed E-state index contributed by atoms with van der Waals surface area (Å²) in [6.45, 7) is 12.3. The van der Waals surface area contributed by atoms with Crippen molar-refractivity contribution in [1.82, 2.24) is 0 Å². The predicted molar refractivity (Wildman–Crippen MR) is 174 cm³/mol. The van der Waals surface area contributed by atoms with E-state index >= 15 is 0 Å². The Morgan fingerprint density at radius 2 is 0.568 bits per heavy atom. The molecule has 44 heavy (non-hydrogen) atoms. The molecule has 0 aromatic heterocycles. The molecule has 0 aliphatic heterocycles. The molecule has 0 spiro atoms. The van der Waals surface area contributed by atoms with Crippen LogP contribution in [0.1, 0.15) is 0 Å². The highest BCUT2D eigenvalue weighted by Gasteiger charge is 1.97. The number of alkyl halides is 1. The number of hydrogen-bond acceptors (Lipinski definition) is 13. The van der Waals surface area contributed by atoms with E-state index in [1.54, 1.807) is 12.1 Å². The van der Waals surface area contributed by atoms with Crippen LogP contribution >= 0.6 is 22.6 Å². The van der Waals surface area contributed by atoms with Gasteiger partial charge in [0.2, 0.25) is 0 Å². The third kappa shape index (κ3) is 31.1. The Labute approximate surface area is 276 Å². The first kappa shape index (κ1) is 41.1. The van der Waals surface area contributed by atoms with Crippen LogP contribution in [-0.4, -0.2) is 156 Å². The molecule has 14 heteroatoms. The van der Waals surface area contributed by atoms with Crippen LogP contribution in [0.25, 0.3) is 0 Å². The summed E-state index contributed by atoms with van der Waals surface area (Å²) in [5, 5.41) is 0. The van der Waals surface area contributed by atoms with Gasteiger partial charge in [0.05, 0.1) is 145 Å². The Morgan fingerprint density at radius 1 is 0.341 bits per heavy atom. The highest BCUT2D eigenvalue weighted by molar-refractivity contribution is 14.1. The maximum absolute atomic E-state index is 5.64. The van der Waals surface area contributed by atoms with Crippen molar-refractivity contribution in [1.29, 1.82) is 0 Å². The Hall–Kier alpha value is -0.890. The van der Waals surface area contributed by atoms with Gasteiger partial charge in [-0.25, -0.2) is 0 Å². The zero-order valence-corrected chi connectivity index (χ0v) is 28.3. The van der Waals surface area contributed by atoms with Gasteiger partial charge in [0, 0.05) is 10.1 Å². The molecule has 13 nitrogen and oxygen atoms in total. The maximum atomic E-state index is 5.64. The van der Waals surface area contributed by atoms with Gasteiger partial charge in [-0.15, -0.1) is 0 Å². The molecule has 0 radical (unpaired) electrons. The fourth-order valence-corrected chi connectivity index (χ4v) is 3.45. The molecule has 0 saturated carbocycles. The van der Waals surface area contributed by atoms with E-state index in [4.69, 9.17) is 62.6 Å². The van der Waals surface area contributed by atoms with Gasteiger partial charge in [-0.2, -0.15) is 0 Å². The number of hydrogen-bond donors (Lipinski definition) is 1. The lowest BCUT2D eigenvalue weighted by atomic mass is 10.3. The summed E-state index contributed by atoms with van der Waals surface area (Å²) in [5.41, 5.74) is 6.35. The SMILES string of the molecule is Nc1ccc(OCCOCCOCCOCCOCCOCCOCCOCCOCCOCCOCCOCCI)cc1. The highest BCUT2D eigenvalue weighted by Crippen LogP contribution is 2.12. The van der Waals surface area contributed by atoms with E-state index in [1.165, 1.54) is 0 Å². The molecule has 258 valence electrons. The van der Waals surface area contributed by atoms with Gasteiger partial charge in [0.25, 0.3) is 0 Å². The zero-order valence-electron chi connectivity index (χ0n) is 26.1. The van der Waals surface area contributed by atoms with E-state index in [-0.39, 0.29) is 0 Å². The molecule has 1 rings (SSSR count). The minimum Gasteiger partial charge on any atom is -0.491 e. The molecular weight excluding hydrogens is 693 g/mol. The number of nitrogens with two attached hydrogens (primary N) is 1. The lowest BCUT2D eigenvalue weighted by molar-refractivity contribution is -0.0276. The number of halogens is 1. The maximum Gasteiger partial charge on any atom is 0.119 e. The Morgan fingerprint density at radius 3 is 0.818 bits per heavy atom. The molecule has 0 fully saturated rings. The van der Waals surface area contributed by atoms with E-state index in [9.17, 15) is 0 Å². The molecule has 0 unspecified atom stereocenters. The second-order valence-electron chi connectivity index (χ2n) is 8.84. The van der Waals surface area contributed by atoms with Crippen LogP contribution in [0, 0.1) is 0 Å². The molecule has 0 heterocycles. The predicted octanol–water partition coefficient (Wildman–Crippen LogP) is 2.27. The minimum atomic E-state index is 0.477. The van der Waals surface area contributed by atoms with Gasteiger partial charge in [0.1, 0.15) is 12.4 Å². The summed E-state index contributed by atoms with van der Waals surface area (Å²) in [7, 11) is 0. The molecule has 0 amide bonds. The summed E-state index contributed by atoms with van der Waals surface area (Å²) in [4.78, 5) is 0. The largest absolute Gasteiger partial charge is 0.491 e. The fourth-order valence-electron chi connectivity index (χ4n) is 3.14. The highest BCUT2D eigenvalue weighted by atomic mass is 127. The summed E-state index contributed by atoms with van der Waals surface area (Å²) in [5.74, 6) is 0.773. The molecule has 0 aliphatic rings. The molecule has 1 aromatic rings. The number of anilines is 1. The number of ether oxygens (including phenoxy) is 12. The van der Waals surface area contributed by atoms with Crippen LogP contribution in [0.4, 0.5) is 5.69 Å². The van der Waals surface area contributed by atoms with Crippen LogP contribution in [0.3, 0.4) is 0 Å². The molecule has 0 aliphatic carbocycles. The third-order valence-corrected chi connectivity index (χ3v) is 5.76. The van der Waals surface area contributed by atoms with Gasteiger partial charge in [-0.1, -0.05) is 22.6 Å². The summed E-state index contributed by atoms with van der Waals surface area (Å²) < 4.78 is 66.5. The van der Waals surface area contributed by atoms with Crippen molar-refractivity contribution in [3.8, 4) is 5.75 Å². The topological polar surface area (TPSA) is 137 Å². The van der Waals surface area contributed by atoms with E-state index in [0.717, 1.165) is 16.8 Å². The van der Waals surface area contributed by atoms with Gasteiger partial charge < -0.3 is 62.6 Å². The lowest BCUT2D eigenvalue weighted by Gasteiger charge is -2.09. The molecule has 0 bridgehead atoms. The quantitative estimate of drug-likeness (QED) is 0.0466. The average Bonchev–Trinajstić information content (AvgIpc) is 3.03. The second kappa shape index (κ2) is 35.0. The van der Waals surface area contributed by atoms with Crippen molar-refractivity contribution in [2.75, 3.05) is 162 Å². The van der Waals surface area contributed by atoms with Crippen molar-refractivity contribution < 1.29 is 56.8 Å². The number of benzene rings is 1. The molecule has 0 saturated heterocycles. The van der Waals surface area contributed by atoms with Crippen LogP contribution in [0.2, 0.25) is 0 Å². The minimum absolute atomic E-state index is 0.477. The van der Waals surface area contributed by atoms with E-state index < -0.39 is 0 Å². The molecule has 2 N–H and O–H groups in total. The van der Waals surface area contributed by atoms with Crippen LogP contribution in [0.5, 0.6) is 5.75 Å². The first-order valence-electron chi connectivity index (χ1n) is 15.2. The molecule has 1 aromatic carbocycles. The molecule has 0 atom stereocenters. The first-order valence-corrected chi connectivity index (χ1v) is 16.7. The van der Waals surface area contributed by atoms with Crippen LogP contribution in [-0.2, 0) is 52.1 Å². The summed E-state index contributed by atoms with van der Waals surface area (Å²) in [6, 6.07) is 7.27. The lowest BCUT2D eigenvalue weighted by Crippen LogP contribution is -2.15. The zero-order chi connectivity index (χ0) is 31.4. The Bertz CT molecular complexity index is 692. The van der Waals surface area contributed by atoms with Crippen LogP contribution in [0.15, 0.2) is 24.3 Å². The normalized spacial score (nSPS) is 11.4. The first-order chi connectivity index (χ1) is 21.8. The molecular formula is C30H54INO12. The van der Waals surface area contributed by atoms with Gasteiger partial charge in [-0.05, 0) is 24.3 Å². The fraction of sp³-hybridized carbons (Fsp3) is 0.800. The Balaban J connectivity index is 1.62. The monoisotopic (exact) mass is 747 g/mol. The average molecular weight is 748 g/mol. The number of nitrogen functional groups attached to an aromatic ring is 1. The smallest absolute Gasteiger partial charge is 0.119 e. The summed E-state index contributed by atoms with van der Waals surface area (Å²) >= 11 is 2.28. The second-order valence-corrected chi connectivity index (χ2v) is 9.92. The van der Waals surface area contributed by atoms with Crippen molar-refractivity contribution in [3.05, 3.63) is 24.3 Å². The Kier molecular flexibility index (Phi) is 32.7. The van der Waals surface area contributed by atoms with Gasteiger partial charge in [0.15, 0.2) is 0 Å². The third-order valence-electron chi connectivity index (χ3n) is 5.32. The van der Waals surface area contributed by atoms with Crippen molar-refractivity contribution in [2.24, 2.45) is 0 Å². The van der Waals surface area contributed by atoms with E-state index in [2.05, 4.69) is 22.6 Å². The van der Waals surface area contributed by atoms with Crippen LogP contribution < -0.4 is 10.5 Å². The van der Waals surface area contributed by atoms with Crippen molar-refractivity contribution in [3.63, 3.8) is 0 Å². The van der Waals surface area contributed by atoms with Crippen molar-refractivity contribution in [2.45, 2.75) is 0 Å². The summed E-state index contributed by atoms with van der Waals surface area (Å²) in [6.07, 6.45) is 0. The van der Waals surface area contributed by atoms with E-state index in [1.807, 2.05) is 12.1 Å². The van der Waals surface area contributed by atoms with E-state index in [0.29, 0.717) is 151 Å². The number of rotatable bonds is 36. The standard InChI is InChI=1S/C30H54INO12/c31-5-6-33-7-8-34-9-10-35-11-12-36-13-14-37-15-16-38-17-18-39-19-20-40-21-22-41-23-24-42-25-26-43-27-28-44-30-3-1-29(32)2-4-30/h1-4H,5-28,32H2.